The number of furan rings is 1. The van der Waals surface area contributed by atoms with Gasteiger partial charge in [0.1, 0.15) is 5.76 Å². The van der Waals surface area contributed by atoms with Crippen molar-refractivity contribution in [3.63, 3.8) is 0 Å². The highest BCUT2D eigenvalue weighted by atomic mass is 16.3. The lowest BCUT2D eigenvalue weighted by molar-refractivity contribution is 0.402. The van der Waals surface area contributed by atoms with Gasteiger partial charge >= 0.3 is 0 Å². The molecule has 0 saturated carbocycles. The first-order chi connectivity index (χ1) is 8.99. The van der Waals surface area contributed by atoms with E-state index in [1.54, 1.807) is 6.26 Å². The standard InChI is InChI=1S/C17H23NO/c1-11-9-12(2)17(13(3)10-11)15(5)18-14(4)16-7-6-8-19-16/h6-10,14-15,18H,1-5H3. The van der Waals surface area contributed by atoms with Gasteiger partial charge in [-0.05, 0) is 63.4 Å². The van der Waals surface area contributed by atoms with Crippen molar-refractivity contribution in [2.45, 2.75) is 46.7 Å². The highest BCUT2D eigenvalue weighted by Crippen LogP contribution is 2.26. The van der Waals surface area contributed by atoms with E-state index in [-0.39, 0.29) is 6.04 Å². The van der Waals surface area contributed by atoms with Gasteiger partial charge in [-0.1, -0.05) is 17.7 Å². The minimum Gasteiger partial charge on any atom is -0.468 e. The summed E-state index contributed by atoms with van der Waals surface area (Å²) < 4.78 is 5.45. The second-order valence-electron chi connectivity index (χ2n) is 5.44. The van der Waals surface area contributed by atoms with Crippen LogP contribution in [0.2, 0.25) is 0 Å². The molecule has 1 aromatic heterocycles. The zero-order valence-corrected chi connectivity index (χ0v) is 12.4. The third-order valence-electron chi connectivity index (χ3n) is 3.64. The van der Waals surface area contributed by atoms with Crippen LogP contribution in [0.3, 0.4) is 0 Å². The van der Waals surface area contributed by atoms with Crippen molar-refractivity contribution in [3.05, 3.63) is 58.5 Å². The summed E-state index contributed by atoms with van der Waals surface area (Å²) in [6, 6.07) is 8.96. The van der Waals surface area contributed by atoms with Gasteiger partial charge in [-0.3, -0.25) is 0 Å². The SMILES string of the molecule is Cc1cc(C)c(C(C)NC(C)c2ccco2)c(C)c1. The van der Waals surface area contributed by atoms with Gasteiger partial charge in [0.05, 0.1) is 12.3 Å². The largest absolute Gasteiger partial charge is 0.468 e. The first-order valence-electron chi connectivity index (χ1n) is 6.86. The molecule has 0 aliphatic carbocycles. The lowest BCUT2D eigenvalue weighted by Crippen LogP contribution is -2.23. The van der Waals surface area contributed by atoms with Crippen LogP contribution in [0.1, 0.15) is 53.9 Å². The molecular formula is C17H23NO. The van der Waals surface area contributed by atoms with Crippen LogP contribution in [0.25, 0.3) is 0 Å². The minimum absolute atomic E-state index is 0.213. The van der Waals surface area contributed by atoms with Gasteiger partial charge in [-0.15, -0.1) is 0 Å². The monoisotopic (exact) mass is 257 g/mol. The van der Waals surface area contributed by atoms with E-state index >= 15 is 0 Å². The Hall–Kier alpha value is -1.54. The van der Waals surface area contributed by atoms with Crippen LogP contribution < -0.4 is 5.32 Å². The molecule has 19 heavy (non-hydrogen) atoms. The minimum atomic E-state index is 0.213. The molecule has 2 rings (SSSR count). The number of nitrogens with one attached hydrogen (secondary N) is 1. The Morgan fingerprint density at radius 1 is 1.00 bits per heavy atom. The van der Waals surface area contributed by atoms with Gasteiger partial charge in [-0.2, -0.15) is 0 Å². The van der Waals surface area contributed by atoms with Gasteiger partial charge < -0.3 is 9.73 Å². The number of rotatable bonds is 4. The molecule has 0 bridgehead atoms. The molecule has 2 aromatic rings. The molecule has 1 heterocycles. The Bertz CT molecular complexity index is 519. The third-order valence-corrected chi connectivity index (χ3v) is 3.64. The highest BCUT2D eigenvalue weighted by molar-refractivity contribution is 5.39. The molecule has 0 aliphatic heterocycles. The molecule has 0 aliphatic rings. The van der Waals surface area contributed by atoms with Gasteiger partial charge in [0.25, 0.3) is 0 Å². The molecule has 0 radical (unpaired) electrons. The van der Waals surface area contributed by atoms with Crippen LogP contribution in [0.4, 0.5) is 0 Å². The molecule has 0 spiro atoms. The first kappa shape index (κ1) is 13.9. The molecule has 0 saturated heterocycles. The van der Waals surface area contributed by atoms with Crippen LogP contribution in [-0.2, 0) is 0 Å². The van der Waals surface area contributed by atoms with E-state index in [4.69, 9.17) is 4.42 Å². The van der Waals surface area contributed by atoms with Crippen molar-refractivity contribution < 1.29 is 4.42 Å². The quantitative estimate of drug-likeness (QED) is 0.864. The zero-order valence-electron chi connectivity index (χ0n) is 12.4. The second-order valence-corrected chi connectivity index (χ2v) is 5.44. The van der Waals surface area contributed by atoms with Gasteiger partial charge in [-0.25, -0.2) is 0 Å². The second kappa shape index (κ2) is 5.62. The lowest BCUT2D eigenvalue weighted by Gasteiger charge is -2.23. The molecule has 1 aromatic carbocycles. The van der Waals surface area contributed by atoms with Crippen molar-refractivity contribution in [1.29, 1.82) is 0 Å². The van der Waals surface area contributed by atoms with Crippen molar-refractivity contribution in [3.8, 4) is 0 Å². The molecule has 102 valence electrons. The normalized spacial score (nSPS) is 14.4. The molecular weight excluding hydrogens is 234 g/mol. The summed E-state index contributed by atoms with van der Waals surface area (Å²) in [7, 11) is 0. The summed E-state index contributed by atoms with van der Waals surface area (Å²) in [4.78, 5) is 0. The summed E-state index contributed by atoms with van der Waals surface area (Å²) in [6.45, 7) is 10.9. The molecule has 0 amide bonds. The van der Waals surface area contributed by atoms with Crippen LogP contribution in [-0.4, -0.2) is 0 Å². The summed E-state index contributed by atoms with van der Waals surface area (Å²) in [5, 5.41) is 3.61. The maximum Gasteiger partial charge on any atom is 0.120 e. The predicted octanol–water partition coefficient (Wildman–Crippen LogP) is 4.62. The fourth-order valence-electron chi connectivity index (χ4n) is 2.95. The van der Waals surface area contributed by atoms with Crippen molar-refractivity contribution in [2.24, 2.45) is 0 Å². The van der Waals surface area contributed by atoms with Crippen molar-refractivity contribution in [1.82, 2.24) is 5.32 Å². The lowest BCUT2D eigenvalue weighted by atomic mass is 9.94. The van der Waals surface area contributed by atoms with Crippen LogP contribution in [0.5, 0.6) is 0 Å². The fourth-order valence-corrected chi connectivity index (χ4v) is 2.95. The Morgan fingerprint density at radius 3 is 2.16 bits per heavy atom. The van der Waals surface area contributed by atoms with Crippen molar-refractivity contribution in [2.75, 3.05) is 0 Å². The van der Waals surface area contributed by atoms with Crippen LogP contribution in [0.15, 0.2) is 34.9 Å². The molecule has 2 heteroatoms. The molecule has 2 atom stereocenters. The Labute approximate surface area is 115 Å². The predicted molar refractivity (Wildman–Crippen MR) is 79.3 cm³/mol. The Morgan fingerprint density at radius 2 is 1.63 bits per heavy atom. The van der Waals surface area contributed by atoms with Crippen LogP contribution >= 0.6 is 0 Å². The summed E-state index contributed by atoms with van der Waals surface area (Å²) >= 11 is 0. The van der Waals surface area contributed by atoms with E-state index in [2.05, 4.69) is 52.1 Å². The van der Waals surface area contributed by atoms with Gasteiger partial charge in [0, 0.05) is 6.04 Å². The van der Waals surface area contributed by atoms with E-state index in [0.717, 1.165) is 5.76 Å². The summed E-state index contributed by atoms with van der Waals surface area (Å²) in [5.41, 5.74) is 5.42. The van der Waals surface area contributed by atoms with Gasteiger partial charge in [0.15, 0.2) is 0 Å². The Kier molecular flexibility index (Phi) is 4.11. The van der Waals surface area contributed by atoms with Crippen molar-refractivity contribution >= 4 is 0 Å². The molecule has 2 unspecified atom stereocenters. The van der Waals surface area contributed by atoms with E-state index in [0.29, 0.717) is 6.04 Å². The third kappa shape index (κ3) is 3.07. The topological polar surface area (TPSA) is 25.2 Å². The van der Waals surface area contributed by atoms with E-state index in [9.17, 15) is 0 Å². The molecule has 0 fully saturated rings. The summed E-state index contributed by atoms with van der Waals surface area (Å²) in [6.07, 6.45) is 1.72. The fraction of sp³-hybridized carbons (Fsp3) is 0.412. The number of hydrogen-bond acceptors (Lipinski definition) is 2. The average Bonchev–Trinajstić information content (AvgIpc) is 2.80. The zero-order chi connectivity index (χ0) is 14.0. The maximum absolute atomic E-state index is 5.45. The Balaban J connectivity index is 2.18. The number of benzene rings is 1. The highest BCUT2D eigenvalue weighted by Gasteiger charge is 2.16. The van der Waals surface area contributed by atoms with E-state index in [1.165, 1.54) is 22.3 Å². The summed E-state index contributed by atoms with van der Waals surface area (Å²) in [5.74, 6) is 0.981. The maximum atomic E-state index is 5.45. The van der Waals surface area contributed by atoms with Crippen LogP contribution in [0, 0.1) is 20.8 Å². The molecule has 2 nitrogen and oxygen atoms in total. The first-order valence-corrected chi connectivity index (χ1v) is 6.86. The smallest absolute Gasteiger partial charge is 0.120 e. The number of hydrogen-bond donors (Lipinski definition) is 1. The average molecular weight is 257 g/mol. The van der Waals surface area contributed by atoms with Gasteiger partial charge in [0.2, 0.25) is 0 Å². The van der Waals surface area contributed by atoms with E-state index < -0.39 is 0 Å². The van der Waals surface area contributed by atoms with E-state index in [1.807, 2.05) is 12.1 Å². The molecule has 1 N–H and O–H groups in total. The number of aryl methyl sites for hydroxylation is 3.